The van der Waals surface area contributed by atoms with Gasteiger partial charge in [0.25, 0.3) is 0 Å². The fourth-order valence-electron chi connectivity index (χ4n) is 1.47. The molecule has 0 aliphatic rings. The predicted octanol–water partition coefficient (Wildman–Crippen LogP) is 3.13. The Morgan fingerprint density at radius 2 is 2.13 bits per heavy atom. The maximum atomic E-state index is 5.85. The topological polar surface area (TPSA) is 21.3 Å². The highest BCUT2D eigenvalue weighted by Gasteiger charge is 2.12. The fourth-order valence-corrected chi connectivity index (χ4v) is 1.88. The SMILES string of the molecule is CNC[C@H](OC(C)C)c1cccc(Br)c1. The van der Waals surface area contributed by atoms with Crippen LogP contribution in [0.3, 0.4) is 0 Å². The van der Waals surface area contributed by atoms with Crippen molar-refractivity contribution in [3.63, 3.8) is 0 Å². The number of rotatable bonds is 5. The molecule has 1 N–H and O–H groups in total. The molecule has 0 aromatic heterocycles. The Hall–Kier alpha value is -0.380. The van der Waals surface area contributed by atoms with Crippen LogP contribution in [0.5, 0.6) is 0 Å². The van der Waals surface area contributed by atoms with Crippen molar-refractivity contribution in [3.8, 4) is 0 Å². The first-order chi connectivity index (χ1) is 7.13. The Morgan fingerprint density at radius 1 is 1.40 bits per heavy atom. The summed E-state index contributed by atoms with van der Waals surface area (Å²) in [7, 11) is 1.94. The third kappa shape index (κ3) is 4.33. The number of likely N-dealkylation sites (N-methyl/N-ethyl adjacent to an activating group) is 1. The summed E-state index contributed by atoms with van der Waals surface area (Å²) in [5.74, 6) is 0. The lowest BCUT2D eigenvalue weighted by atomic mass is 10.1. The molecule has 0 bridgehead atoms. The van der Waals surface area contributed by atoms with Gasteiger partial charge >= 0.3 is 0 Å². The first-order valence-corrected chi connectivity index (χ1v) is 5.98. The van der Waals surface area contributed by atoms with Crippen LogP contribution in [0.2, 0.25) is 0 Å². The Kier molecular flexibility index (Phi) is 5.29. The standard InChI is InChI=1S/C12H18BrNO/c1-9(2)15-12(8-14-3)10-5-4-6-11(13)7-10/h4-7,9,12,14H,8H2,1-3H3/t12-/m0/s1. The third-order valence-electron chi connectivity index (χ3n) is 2.05. The van der Waals surface area contributed by atoms with E-state index in [0.717, 1.165) is 11.0 Å². The van der Waals surface area contributed by atoms with E-state index in [1.54, 1.807) is 0 Å². The molecule has 0 aliphatic heterocycles. The molecule has 1 atom stereocenters. The molecule has 1 aromatic carbocycles. The van der Waals surface area contributed by atoms with Crippen LogP contribution in [0.4, 0.5) is 0 Å². The first-order valence-electron chi connectivity index (χ1n) is 5.19. The fraction of sp³-hybridized carbons (Fsp3) is 0.500. The number of benzene rings is 1. The van der Waals surface area contributed by atoms with Gasteiger partial charge in [0.1, 0.15) is 0 Å². The minimum Gasteiger partial charge on any atom is -0.370 e. The van der Waals surface area contributed by atoms with E-state index >= 15 is 0 Å². The Labute approximate surface area is 100 Å². The lowest BCUT2D eigenvalue weighted by molar-refractivity contribution is 0.00811. The van der Waals surface area contributed by atoms with Gasteiger partial charge in [-0.15, -0.1) is 0 Å². The number of nitrogens with one attached hydrogen (secondary N) is 1. The summed E-state index contributed by atoms with van der Waals surface area (Å²) in [5.41, 5.74) is 1.20. The van der Waals surface area contributed by atoms with Crippen molar-refractivity contribution in [3.05, 3.63) is 34.3 Å². The predicted molar refractivity (Wildman–Crippen MR) is 67.0 cm³/mol. The van der Waals surface area contributed by atoms with Gasteiger partial charge in [-0.2, -0.15) is 0 Å². The quantitative estimate of drug-likeness (QED) is 0.889. The van der Waals surface area contributed by atoms with E-state index in [0.29, 0.717) is 0 Å². The van der Waals surface area contributed by atoms with Gasteiger partial charge in [0.05, 0.1) is 12.2 Å². The summed E-state index contributed by atoms with van der Waals surface area (Å²) in [6.07, 6.45) is 0.356. The molecule has 0 saturated heterocycles. The second-order valence-electron chi connectivity index (χ2n) is 3.79. The number of halogens is 1. The molecule has 84 valence electrons. The second-order valence-corrected chi connectivity index (χ2v) is 4.70. The summed E-state index contributed by atoms with van der Waals surface area (Å²) in [5, 5.41) is 3.15. The molecule has 1 aromatic rings. The van der Waals surface area contributed by atoms with Crippen molar-refractivity contribution in [2.45, 2.75) is 26.1 Å². The second kappa shape index (κ2) is 6.26. The molecule has 0 radical (unpaired) electrons. The molecule has 0 fully saturated rings. The molecule has 0 unspecified atom stereocenters. The lowest BCUT2D eigenvalue weighted by Crippen LogP contribution is -2.22. The Balaban J connectivity index is 2.78. The number of hydrogen-bond acceptors (Lipinski definition) is 2. The zero-order valence-electron chi connectivity index (χ0n) is 9.46. The van der Waals surface area contributed by atoms with Crippen molar-refractivity contribution < 1.29 is 4.74 Å². The smallest absolute Gasteiger partial charge is 0.0952 e. The molecular weight excluding hydrogens is 254 g/mol. The third-order valence-corrected chi connectivity index (χ3v) is 2.54. The Morgan fingerprint density at radius 3 is 2.67 bits per heavy atom. The van der Waals surface area contributed by atoms with Crippen LogP contribution < -0.4 is 5.32 Å². The van der Waals surface area contributed by atoms with Crippen LogP contribution in [0.15, 0.2) is 28.7 Å². The molecule has 0 aliphatic carbocycles. The average molecular weight is 272 g/mol. The molecule has 0 heterocycles. The summed E-state index contributed by atoms with van der Waals surface area (Å²) in [6.45, 7) is 4.94. The van der Waals surface area contributed by atoms with Gasteiger partial charge < -0.3 is 10.1 Å². The molecule has 0 saturated carbocycles. The van der Waals surface area contributed by atoms with Gasteiger partial charge in [-0.05, 0) is 38.6 Å². The van der Waals surface area contributed by atoms with Gasteiger partial charge in [0, 0.05) is 11.0 Å². The maximum Gasteiger partial charge on any atom is 0.0952 e. The van der Waals surface area contributed by atoms with Gasteiger partial charge in [-0.3, -0.25) is 0 Å². The largest absolute Gasteiger partial charge is 0.370 e. The normalized spacial score (nSPS) is 13.1. The first kappa shape index (κ1) is 12.7. The highest BCUT2D eigenvalue weighted by Crippen LogP contribution is 2.21. The number of hydrogen-bond donors (Lipinski definition) is 1. The van der Waals surface area contributed by atoms with E-state index in [4.69, 9.17) is 4.74 Å². The zero-order chi connectivity index (χ0) is 11.3. The van der Waals surface area contributed by atoms with Gasteiger partial charge in [-0.25, -0.2) is 0 Å². The van der Waals surface area contributed by atoms with Crippen LogP contribution in [-0.4, -0.2) is 19.7 Å². The van der Waals surface area contributed by atoms with E-state index < -0.39 is 0 Å². The van der Waals surface area contributed by atoms with Crippen LogP contribution in [0.25, 0.3) is 0 Å². The highest BCUT2D eigenvalue weighted by atomic mass is 79.9. The number of ether oxygens (including phenoxy) is 1. The van der Waals surface area contributed by atoms with Crippen LogP contribution in [0, 0.1) is 0 Å². The van der Waals surface area contributed by atoms with Gasteiger partial charge in [-0.1, -0.05) is 28.1 Å². The molecular formula is C12H18BrNO. The van der Waals surface area contributed by atoms with Crippen LogP contribution in [-0.2, 0) is 4.74 Å². The zero-order valence-corrected chi connectivity index (χ0v) is 11.0. The minimum atomic E-state index is 0.118. The van der Waals surface area contributed by atoms with Crippen LogP contribution >= 0.6 is 15.9 Å². The highest BCUT2D eigenvalue weighted by molar-refractivity contribution is 9.10. The molecule has 2 nitrogen and oxygen atoms in total. The molecule has 0 spiro atoms. The summed E-state index contributed by atoms with van der Waals surface area (Å²) in [6, 6.07) is 8.25. The lowest BCUT2D eigenvalue weighted by Gasteiger charge is -2.20. The molecule has 15 heavy (non-hydrogen) atoms. The van der Waals surface area contributed by atoms with Gasteiger partial charge in [0.15, 0.2) is 0 Å². The van der Waals surface area contributed by atoms with E-state index in [1.807, 2.05) is 19.2 Å². The molecule has 0 amide bonds. The van der Waals surface area contributed by atoms with Crippen molar-refractivity contribution >= 4 is 15.9 Å². The van der Waals surface area contributed by atoms with Crippen molar-refractivity contribution in [2.24, 2.45) is 0 Å². The van der Waals surface area contributed by atoms with Gasteiger partial charge in [0.2, 0.25) is 0 Å². The minimum absolute atomic E-state index is 0.118. The summed E-state index contributed by atoms with van der Waals surface area (Å²) in [4.78, 5) is 0. The van der Waals surface area contributed by atoms with E-state index in [1.165, 1.54) is 5.56 Å². The maximum absolute atomic E-state index is 5.85. The molecule has 1 rings (SSSR count). The molecule has 3 heteroatoms. The van der Waals surface area contributed by atoms with Crippen molar-refractivity contribution in [2.75, 3.05) is 13.6 Å². The average Bonchev–Trinajstić information content (AvgIpc) is 2.16. The van der Waals surface area contributed by atoms with E-state index in [2.05, 4.69) is 47.2 Å². The summed E-state index contributed by atoms with van der Waals surface area (Å²) < 4.78 is 6.94. The van der Waals surface area contributed by atoms with E-state index in [9.17, 15) is 0 Å². The Bertz CT molecular complexity index is 301. The summed E-state index contributed by atoms with van der Waals surface area (Å²) >= 11 is 3.47. The van der Waals surface area contributed by atoms with Crippen LogP contribution in [0.1, 0.15) is 25.5 Å². The van der Waals surface area contributed by atoms with Crippen molar-refractivity contribution in [1.82, 2.24) is 5.32 Å². The van der Waals surface area contributed by atoms with E-state index in [-0.39, 0.29) is 12.2 Å². The van der Waals surface area contributed by atoms with Crippen molar-refractivity contribution in [1.29, 1.82) is 0 Å². The monoisotopic (exact) mass is 271 g/mol.